The fourth-order valence-corrected chi connectivity index (χ4v) is 1.22. The lowest BCUT2D eigenvalue weighted by molar-refractivity contribution is -0.115. The number of nitrogens with zero attached hydrogens (tertiary/aromatic N) is 1. The third-order valence-electron chi connectivity index (χ3n) is 1.93. The zero-order chi connectivity index (χ0) is 9.84. The highest BCUT2D eigenvalue weighted by Crippen LogP contribution is 2.12. The fraction of sp³-hybridized carbons (Fsp3) is 0.364. The van der Waals surface area contributed by atoms with Gasteiger partial charge in [0, 0.05) is 12.7 Å². The van der Waals surface area contributed by atoms with Crippen molar-refractivity contribution in [3.63, 3.8) is 0 Å². The van der Waals surface area contributed by atoms with Crippen molar-refractivity contribution in [1.82, 2.24) is 0 Å². The van der Waals surface area contributed by atoms with Gasteiger partial charge in [-0.15, -0.1) is 0 Å². The summed E-state index contributed by atoms with van der Waals surface area (Å²) in [7, 11) is 1.92. The highest BCUT2D eigenvalue weighted by atomic mass is 16.1. The van der Waals surface area contributed by atoms with E-state index >= 15 is 0 Å². The molecule has 0 atom stereocenters. The van der Waals surface area contributed by atoms with E-state index in [-0.39, 0.29) is 5.78 Å². The number of hydrogen-bond donors (Lipinski definition) is 0. The number of carbonyl (C=O) groups is 1. The Hall–Kier alpha value is -1.31. The highest BCUT2D eigenvalue weighted by Gasteiger charge is 2.01. The van der Waals surface area contributed by atoms with E-state index in [2.05, 4.69) is 6.92 Å². The average molecular weight is 177 g/mol. The Bertz CT molecular complexity index is 289. The van der Waals surface area contributed by atoms with Crippen molar-refractivity contribution in [2.45, 2.75) is 13.8 Å². The molecule has 0 unspecified atom stereocenters. The number of hydrogen-bond acceptors (Lipinski definition) is 2. The quantitative estimate of drug-likeness (QED) is 0.704. The second-order valence-electron chi connectivity index (χ2n) is 3.39. The predicted molar refractivity (Wildman–Crippen MR) is 55.1 cm³/mol. The van der Waals surface area contributed by atoms with Gasteiger partial charge < -0.3 is 4.90 Å². The first-order chi connectivity index (χ1) is 6.09. The molecule has 0 heterocycles. The molecule has 0 aliphatic heterocycles. The van der Waals surface area contributed by atoms with Gasteiger partial charge >= 0.3 is 0 Å². The minimum Gasteiger partial charge on any atom is -0.367 e. The normalized spacial score (nSPS) is 9.77. The van der Waals surface area contributed by atoms with Gasteiger partial charge in [0.25, 0.3) is 0 Å². The molecule has 1 rings (SSSR count). The van der Waals surface area contributed by atoms with Crippen LogP contribution in [0.2, 0.25) is 0 Å². The Morgan fingerprint density at radius 1 is 1.31 bits per heavy atom. The molecule has 1 aromatic rings. The van der Waals surface area contributed by atoms with Gasteiger partial charge in [-0.3, -0.25) is 4.79 Å². The molecule has 1 aromatic carbocycles. The van der Waals surface area contributed by atoms with Crippen molar-refractivity contribution in [2.24, 2.45) is 0 Å². The van der Waals surface area contributed by atoms with E-state index in [1.54, 1.807) is 6.92 Å². The van der Waals surface area contributed by atoms with Crippen molar-refractivity contribution in [3.8, 4) is 0 Å². The second kappa shape index (κ2) is 4.08. The summed E-state index contributed by atoms with van der Waals surface area (Å²) in [5.41, 5.74) is 2.32. The van der Waals surface area contributed by atoms with Gasteiger partial charge in [-0.25, -0.2) is 0 Å². The van der Waals surface area contributed by atoms with Crippen LogP contribution in [0, 0.1) is 6.92 Å². The number of aryl methyl sites for hydroxylation is 1. The zero-order valence-corrected chi connectivity index (χ0v) is 8.37. The summed E-state index contributed by atoms with van der Waals surface area (Å²) in [6.45, 7) is 4.13. The van der Waals surface area contributed by atoms with E-state index in [1.807, 2.05) is 36.2 Å². The molecule has 0 saturated heterocycles. The van der Waals surface area contributed by atoms with E-state index in [0.717, 1.165) is 5.69 Å². The molecular formula is C11H15NO. The summed E-state index contributed by atoms with van der Waals surface area (Å²) in [5.74, 6) is 0.183. The Labute approximate surface area is 79.2 Å². The molecule has 2 nitrogen and oxygen atoms in total. The molecule has 0 saturated carbocycles. The van der Waals surface area contributed by atoms with Crippen molar-refractivity contribution < 1.29 is 4.79 Å². The van der Waals surface area contributed by atoms with Crippen LogP contribution in [0.15, 0.2) is 24.3 Å². The second-order valence-corrected chi connectivity index (χ2v) is 3.39. The third kappa shape index (κ3) is 2.90. The smallest absolute Gasteiger partial charge is 0.149 e. The molecule has 0 aliphatic rings. The van der Waals surface area contributed by atoms with Crippen molar-refractivity contribution in [1.29, 1.82) is 0 Å². The van der Waals surface area contributed by atoms with Crippen LogP contribution in [0.5, 0.6) is 0 Å². The SMILES string of the molecule is CC(=O)CN(C)c1ccc(C)cc1. The number of anilines is 1. The molecule has 0 fully saturated rings. The largest absolute Gasteiger partial charge is 0.367 e. The molecular weight excluding hydrogens is 162 g/mol. The van der Waals surface area contributed by atoms with Crippen LogP contribution in [0.4, 0.5) is 5.69 Å². The lowest BCUT2D eigenvalue weighted by Crippen LogP contribution is -2.23. The maximum atomic E-state index is 10.9. The molecule has 13 heavy (non-hydrogen) atoms. The summed E-state index contributed by atoms with van der Waals surface area (Å²) < 4.78 is 0. The maximum Gasteiger partial charge on any atom is 0.149 e. The van der Waals surface area contributed by atoms with Crippen molar-refractivity contribution >= 4 is 11.5 Å². The number of ketones is 1. The fourth-order valence-electron chi connectivity index (χ4n) is 1.22. The summed E-state index contributed by atoms with van der Waals surface area (Å²) in [6.07, 6.45) is 0. The molecule has 0 aliphatic carbocycles. The minimum absolute atomic E-state index is 0.183. The van der Waals surface area contributed by atoms with Gasteiger partial charge in [-0.1, -0.05) is 17.7 Å². The van der Waals surface area contributed by atoms with E-state index in [1.165, 1.54) is 5.56 Å². The number of benzene rings is 1. The lowest BCUT2D eigenvalue weighted by Gasteiger charge is -2.17. The summed E-state index contributed by atoms with van der Waals surface area (Å²) >= 11 is 0. The van der Waals surface area contributed by atoms with E-state index < -0.39 is 0 Å². The Morgan fingerprint density at radius 2 is 1.85 bits per heavy atom. The van der Waals surface area contributed by atoms with Gasteiger partial charge in [-0.05, 0) is 26.0 Å². The Balaban J connectivity index is 2.71. The topological polar surface area (TPSA) is 20.3 Å². The van der Waals surface area contributed by atoms with E-state index in [0.29, 0.717) is 6.54 Å². The molecule has 0 radical (unpaired) electrons. The van der Waals surface area contributed by atoms with Gasteiger partial charge in [0.05, 0.1) is 6.54 Å². The van der Waals surface area contributed by atoms with Crippen LogP contribution in [0.3, 0.4) is 0 Å². The summed E-state index contributed by atoms with van der Waals surface area (Å²) in [5, 5.41) is 0. The average Bonchev–Trinajstić information content (AvgIpc) is 2.04. The molecule has 0 bridgehead atoms. The molecule has 70 valence electrons. The standard InChI is InChI=1S/C11H15NO/c1-9-4-6-11(7-5-9)12(3)8-10(2)13/h4-7H,8H2,1-3H3. The van der Waals surface area contributed by atoms with Crippen LogP contribution in [0.1, 0.15) is 12.5 Å². The number of Topliss-reactive ketones (excluding diaryl/α,β-unsaturated/α-hetero) is 1. The third-order valence-corrected chi connectivity index (χ3v) is 1.93. The van der Waals surface area contributed by atoms with Gasteiger partial charge in [0.15, 0.2) is 0 Å². The summed E-state index contributed by atoms with van der Waals surface area (Å²) in [4.78, 5) is 12.8. The van der Waals surface area contributed by atoms with Crippen LogP contribution < -0.4 is 4.90 Å². The molecule has 2 heteroatoms. The minimum atomic E-state index is 0.183. The van der Waals surface area contributed by atoms with Crippen molar-refractivity contribution in [3.05, 3.63) is 29.8 Å². The maximum absolute atomic E-state index is 10.9. The number of rotatable bonds is 3. The predicted octanol–water partition coefficient (Wildman–Crippen LogP) is 2.02. The molecule has 0 amide bonds. The number of likely N-dealkylation sites (N-methyl/N-ethyl adjacent to an activating group) is 1. The first-order valence-electron chi connectivity index (χ1n) is 4.37. The number of carbonyl (C=O) groups excluding carboxylic acids is 1. The van der Waals surface area contributed by atoms with E-state index in [4.69, 9.17) is 0 Å². The van der Waals surface area contributed by atoms with Gasteiger partial charge in [0.1, 0.15) is 5.78 Å². The Kier molecular flexibility index (Phi) is 3.07. The van der Waals surface area contributed by atoms with Crippen LogP contribution in [-0.4, -0.2) is 19.4 Å². The van der Waals surface area contributed by atoms with Gasteiger partial charge in [-0.2, -0.15) is 0 Å². The lowest BCUT2D eigenvalue weighted by atomic mass is 10.2. The van der Waals surface area contributed by atoms with E-state index in [9.17, 15) is 4.79 Å². The van der Waals surface area contributed by atoms with Crippen molar-refractivity contribution in [2.75, 3.05) is 18.5 Å². The van der Waals surface area contributed by atoms with Crippen LogP contribution >= 0.6 is 0 Å². The van der Waals surface area contributed by atoms with Gasteiger partial charge in [0.2, 0.25) is 0 Å². The van der Waals surface area contributed by atoms with Crippen LogP contribution in [-0.2, 0) is 4.79 Å². The van der Waals surface area contributed by atoms with Crippen LogP contribution in [0.25, 0.3) is 0 Å². The summed E-state index contributed by atoms with van der Waals surface area (Å²) in [6, 6.07) is 8.15. The zero-order valence-electron chi connectivity index (χ0n) is 8.37. The first-order valence-corrected chi connectivity index (χ1v) is 4.37. The molecule has 0 spiro atoms. The monoisotopic (exact) mass is 177 g/mol. The first kappa shape index (κ1) is 9.78. The molecule has 0 N–H and O–H groups in total. The Morgan fingerprint density at radius 3 is 2.31 bits per heavy atom. The molecule has 0 aromatic heterocycles. The highest BCUT2D eigenvalue weighted by molar-refractivity contribution is 5.80.